The van der Waals surface area contributed by atoms with E-state index in [1.165, 1.54) is 36.3 Å². The molecular weight excluding hydrogens is 258 g/mol. The standard InChI is InChI=1S/C14H23N3OS/c1-15-11-6-3-7-12-13(11)19-14(16-12)17(2)9-10-5-4-8-18-10/h10-11,15H,3-9H2,1-2H3. The van der Waals surface area contributed by atoms with E-state index in [1.54, 1.807) is 0 Å². The average Bonchev–Trinajstić information content (AvgIpc) is 3.06. The lowest BCUT2D eigenvalue weighted by Crippen LogP contribution is -2.28. The van der Waals surface area contributed by atoms with Crippen molar-refractivity contribution in [2.24, 2.45) is 0 Å². The highest BCUT2D eigenvalue weighted by Crippen LogP contribution is 2.37. The number of thiazole rings is 1. The van der Waals surface area contributed by atoms with Gasteiger partial charge in [0.05, 0.1) is 11.8 Å². The molecule has 0 aromatic carbocycles. The van der Waals surface area contributed by atoms with E-state index in [9.17, 15) is 0 Å². The third-order valence-corrected chi connectivity index (χ3v) is 5.44. The number of hydrogen-bond donors (Lipinski definition) is 1. The minimum atomic E-state index is 0.394. The molecule has 0 saturated carbocycles. The Bertz CT molecular complexity index is 428. The Balaban J connectivity index is 1.72. The molecule has 2 aliphatic rings. The van der Waals surface area contributed by atoms with Crippen LogP contribution in [0.3, 0.4) is 0 Å². The molecule has 5 heteroatoms. The van der Waals surface area contributed by atoms with Gasteiger partial charge in [0.2, 0.25) is 0 Å². The number of nitrogens with one attached hydrogen (secondary N) is 1. The first-order chi connectivity index (χ1) is 9.28. The van der Waals surface area contributed by atoms with Gasteiger partial charge in [-0.3, -0.25) is 0 Å². The molecule has 1 N–H and O–H groups in total. The van der Waals surface area contributed by atoms with Crippen LogP contribution in [0.5, 0.6) is 0 Å². The van der Waals surface area contributed by atoms with Crippen LogP contribution in [0.15, 0.2) is 0 Å². The van der Waals surface area contributed by atoms with Crippen LogP contribution in [0.2, 0.25) is 0 Å². The van der Waals surface area contributed by atoms with Crippen molar-refractivity contribution in [3.8, 4) is 0 Å². The first-order valence-corrected chi connectivity index (χ1v) is 8.09. The zero-order valence-electron chi connectivity index (χ0n) is 11.8. The van der Waals surface area contributed by atoms with Crippen molar-refractivity contribution in [1.82, 2.24) is 10.3 Å². The molecule has 1 aliphatic heterocycles. The minimum absolute atomic E-state index is 0.394. The fraction of sp³-hybridized carbons (Fsp3) is 0.786. The van der Waals surface area contributed by atoms with E-state index in [1.807, 2.05) is 11.3 Å². The van der Waals surface area contributed by atoms with Crippen molar-refractivity contribution in [3.05, 3.63) is 10.6 Å². The predicted molar refractivity (Wildman–Crippen MR) is 79.1 cm³/mol. The molecule has 1 aromatic rings. The topological polar surface area (TPSA) is 37.4 Å². The number of hydrogen-bond acceptors (Lipinski definition) is 5. The Hall–Kier alpha value is -0.650. The second-order valence-corrected chi connectivity index (χ2v) is 6.57. The Labute approximate surface area is 119 Å². The van der Waals surface area contributed by atoms with Crippen molar-refractivity contribution in [3.63, 3.8) is 0 Å². The second-order valence-electron chi connectivity index (χ2n) is 5.56. The number of aryl methyl sites for hydroxylation is 1. The van der Waals surface area contributed by atoms with E-state index >= 15 is 0 Å². The lowest BCUT2D eigenvalue weighted by Gasteiger charge is -2.20. The fourth-order valence-electron chi connectivity index (χ4n) is 3.02. The van der Waals surface area contributed by atoms with Crippen LogP contribution in [0, 0.1) is 0 Å². The van der Waals surface area contributed by atoms with E-state index in [4.69, 9.17) is 9.72 Å². The quantitative estimate of drug-likeness (QED) is 0.919. The predicted octanol–water partition coefficient (Wildman–Crippen LogP) is 2.36. The summed E-state index contributed by atoms with van der Waals surface area (Å²) in [6, 6.07) is 0.506. The number of ether oxygens (including phenoxy) is 1. The van der Waals surface area contributed by atoms with Gasteiger partial charge < -0.3 is 15.0 Å². The summed E-state index contributed by atoms with van der Waals surface area (Å²) in [5.41, 5.74) is 1.31. The average molecular weight is 281 g/mol. The van der Waals surface area contributed by atoms with Crippen LogP contribution in [-0.2, 0) is 11.2 Å². The van der Waals surface area contributed by atoms with Gasteiger partial charge in [0, 0.05) is 31.1 Å². The van der Waals surface area contributed by atoms with E-state index in [0.717, 1.165) is 24.7 Å². The molecule has 2 heterocycles. The lowest BCUT2D eigenvalue weighted by atomic mass is 9.98. The molecule has 1 fully saturated rings. The number of rotatable bonds is 4. The highest BCUT2D eigenvalue weighted by Gasteiger charge is 2.25. The van der Waals surface area contributed by atoms with Crippen molar-refractivity contribution >= 4 is 16.5 Å². The first-order valence-electron chi connectivity index (χ1n) is 7.27. The molecule has 3 rings (SSSR count). The highest BCUT2D eigenvalue weighted by molar-refractivity contribution is 7.15. The van der Waals surface area contributed by atoms with E-state index in [2.05, 4.69) is 24.3 Å². The van der Waals surface area contributed by atoms with E-state index in [0.29, 0.717) is 12.1 Å². The smallest absolute Gasteiger partial charge is 0.185 e. The van der Waals surface area contributed by atoms with Crippen LogP contribution in [0.1, 0.15) is 42.3 Å². The Morgan fingerprint density at radius 2 is 2.32 bits per heavy atom. The Kier molecular flexibility index (Phi) is 4.05. The number of anilines is 1. The van der Waals surface area contributed by atoms with Crippen molar-refractivity contribution in [2.45, 2.75) is 44.2 Å². The maximum atomic E-state index is 5.71. The van der Waals surface area contributed by atoms with Crippen LogP contribution in [0.4, 0.5) is 5.13 Å². The molecule has 0 radical (unpaired) electrons. The monoisotopic (exact) mass is 281 g/mol. The van der Waals surface area contributed by atoms with Crippen LogP contribution < -0.4 is 10.2 Å². The molecule has 0 amide bonds. The lowest BCUT2D eigenvalue weighted by molar-refractivity contribution is 0.116. The van der Waals surface area contributed by atoms with Gasteiger partial charge in [0.1, 0.15) is 0 Å². The minimum Gasteiger partial charge on any atom is -0.376 e. The van der Waals surface area contributed by atoms with Crippen molar-refractivity contribution in [1.29, 1.82) is 0 Å². The summed E-state index contributed by atoms with van der Waals surface area (Å²) in [6.07, 6.45) is 6.41. The number of aromatic nitrogens is 1. The third kappa shape index (κ3) is 2.78. The zero-order valence-corrected chi connectivity index (χ0v) is 12.6. The molecule has 106 valence electrons. The van der Waals surface area contributed by atoms with Gasteiger partial charge in [0.15, 0.2) is 5.13 Å². The summed E-state index contributed by atoms with van der Waals surface area (Å²) in [7, 11) is 4.19. The molecule has 1 aliphatic carbocycles. The molecule has 1 aromatic heterocycles. The van der Waals surface area contributed by atoms with Crippen molar-refractivity contribution < 1.29 is 4.74 Å². The summed E-state index contributed by atoms with van der Waals surface area (Å²) < 4.78 is 5.71. The fourth-order valence-corrected chi connectivity index (χ4v) is 4.24. The third-order valence-electron chi connectivity index (χ3n) is 4.12. The van der Waals surface area contributed by atoms with Crippen LogP contribution in [-0.4, -0.2) is 38.3 Å². The van der Waals surface area contributed by atoms with Gasteiger partial charge in [-0.25, -0.2) is 4.98 Å². The highest BCUT2D eigenvalue weighted by atomic mass is 32.1. The van der Waals surface area contributed by atoms with Gasteiger partial charge in [-0.2, -0.15) is 0 Å². The molecule has 0 spiro atoms. The summed E-state index contributed by atoms with van der Waals surface area (Å²) >= 11 is 1.86. The van der Waals surface area contributed by atoms with Crippen molar-refractivity contribution in [2.75, 3.05) is 32.1 Å². The summed E-state index contributed by atoms with van der Waals surface area (Å²) in [5, 5.41) is 4.57. The largest absolute Gasteiger partial charge is 0.376 e. The normalized spacial score (nSPS) is 26.4. The van der Waals surface area contributed by atoms with E-state index < -0.39 is 0 Å². The van der Waals surface area contributed by atoms with E-state index in [-0.39, 0.29) is 0 Å². The SMILES string of the molecule is CNC1CCCc2nc(N(C)CC3CCCO3)sc21. The molecule has 1 saturated heterocycles. The van der Waals surface area contributed by atoms with Gasteiger partial charge in [-0.15, -0.1) is 0 Å². The molecule has 19 heavy (non-hydrogen) atoms. The first kappa shape index (κ1) is 13.3. The number of fused-ring (bicyclic) bond motifs is 1. The molecule has 0 bridgehead atoms. The zero-order chi connectivity index (χ0) is 13.2. The summed E-state index contributed by atoms with van der Waals surface area (Å²) in [5.74, 6) is 0. The molecule has 2 atom stereocenters. The van der Waals surface area contributed by atoms with Gasteiger partial charge in [0.25, 0.3) is 0 Å². The summed E-state index contributed by atoms with van der Waals surface area (Å²) in [4.78, 5) is 8.56. The maximum Gasteiger partial charge on any atom is 0.185 e. The Morgan fingerprint density at radius 1 is 1.42 bits per heavy atom. The summed E-state index contributed by atoms with van der Waals surface area (Å²) in [6.45, 7) is 1.89. The molecule has 4 nitrogen and oxygen atoms in total. The van der Waals surface area contributed by atoms with Gasteiger partial charge in [-0.1, -0.05) is 11.3 Å². The Morgan fingerprint density at radius 3 is 3.05 bits per heavy atom. The second kappa shape index (κ2) is 5.77. The van der Waals surface area contributed by atoms with Crippen LogP contribution >= 0.6 is 11.3 Å². The molecular formula is C14H23N3OS. The van der Waals surface area contributed by atoms with Crippen LogP contribution in [0.25, 0.3) is 0 Å². The number of likely N-dealkylation sites (N-methyl/N-ethyl adjacent to an activating group) is 1. The molecule has 2 unspecified atom stereocenters. The van der Waals surface area contributed by atoms with Gasteiger partial charge >= 0.3 is 0 Å². The maximum absolute atomic E-state index is 5.71. The van der Waals surface area contributed by atoms with Gasteiger partial charge in [-0.05, 0) is 39.2 Å². The number of nitrogens with zero attached hydrogens (tertiary/aromatic N) is 2.